The van der Waals surface area contributed by atoms with E-state index in [2.05, 4.69) is 5.32 Å². The van der Waals surface area contributed by atoms with Crippen molar-refractivity contribution in [2.24, 2.45) is 5.73 Å². The molecule has 1 unspecified atom stereocenters. The topological polar surface area (TPSA) is 97.4 Å². The highest BCUT2D eigenvalue weighted by Gasteiger charge is 2.31. The third-order valence-electron chi connectivity index (χ3n) is 4.30. The molecule has 0 aromatic heterocycles. The quantitative estimate of drug-likeness (QED) is 0.258. The maximum Gasteiger partial charge on any atom is 0.392 e. The van der Waals surface area contributed by atoms with Crippen LogP contribution in [0.25, 0.3) is 0 Å². The molecule has 0 spiro atoms. The molecule has 0 saturated heterocycles. The van der Waals surface area contributed by atoms with Crippen molar-refractivity contribution in [3.05, 3.63) is 64.7 Å². The Labute approximate surface area is 193 Å². The van der Waals surface area contributed by atoms with Crippen LogP contribution in [0.3, 0.4) is 0 Å². The molecule has 12 heteroatoms. The van der Waals surface area contributed by atoms with E-state index in [1.807, 2.05) is 0 Å². The molecule has 0 fully saturated rings. The summed E-state index contributed by atoms with van der Waals surface area (Å²) in [5.41, 5.74) is 5.73. The minimum absolute atomic E-state index is 0. The molecule has 0 aliphatic heterocycles. The minimum Gasteiger partial charge on any atom is -0.490 e. The number of ether oxygens (including phenoxy) is 2. The molecule has 0 saturated carbocycles. The number of amidine groups is 1. The van der Waals surface area contributed by atoms with Crippen molar-refractivity contribution in [1.29, 1.82) is 5.41 Å². The van der Waals surface area contributed by atoms with E-state index in [1.54, 1.807) is 24.3 Å². The van der Waals surface area contributed by atoms with Crippen LogP contribution in [-0.4, -0.2) is 31.1 Å². The van der Waals surface area contributed by atoms with Crippen LogP contribution >= 0.6 is 12.4 Å². The lowest BCUT2D eigenvalue weighted by Crippen LogP contribution is -2.32. The van der Waals surface area contributed by atoms with Crippen LogP contribution in [0, 0.1) is 17.0 Å². The Morgan fingerprint density at radius 2 is 1.79 bits per heavy atom. The van der Waals surface area contributed by atoms with E-state index < -0.39 is 54.2 Å². The summed E-state index contributed by atoms with van der Waals surface area (Å²) in [5.74, 6) is -4.02. The maximum absolute atomic E-state index is 14.8. The number of rotatable bonds is 10. The fourth-order valence-corrected chi connectivity index (χ4v) is 2.72. The van der Waals surface area contributed by atoms with Crippen molar-refractivity contribution in [1.82, 2.24) is 5.32 Å². The number of nitrogens with one attached hydrogen (secondary N) is 2. The van der Waals surface area contributed by atoms with Crippen molar-refractivity contribution in [3.63, 3.8) is 0 Å². The summed E-state index contributed by atoms with van der Waals surface area (Å²) in [5, 5.41) is 9.85. The Morgan fingerprint density at radius 1 is 1.15 bits per heavy atom. The van der Waals surface area contributed by atoms with Gasteiger partial charge in [-0.1, -0.05) is 24.3 Å². The van der Waals surface area contributed by atoms with Crippen LogP contribution in [0.15, 0.2) is 36.4 Å². The van der Waals surface area contributed by atoms with Gasteiger partial charge >= 0.3 is 6.18 Å². The molecule has 0 bridgehead atoms. The molecule has 2 rings (SSSR count). The van der Waals surface area contributed by atoms with Gasteiger partial charge in [0.25, 0.3) is 5.91 Å². The van der Waals surface area contributed by atoms with Crippen LogP contribution in [-0.2, 0) is 16.1 Å². The van der Waals surface area contributed by atoms with Crippen LogP contribution in [0.4, 0.5) is 22.0 Å². The zero-order chi connectivity index (χ0) is 23.9. The van der Waals surface area contributed by atoms with Crippen LogP contribution in [0.1, 0.15) is 36.1 Å². The summed E-state index contributed by atoms with van der Waals surface area (Å²) in [6.45, 7) is 0.572. The third kappa shape index (κ3) is 8.17. The molecule has 2 aromatic rings. The summed E-state index contributed by atoms with van der Waals surface area (Å²) in [7, 11) is 0. The minimum atomic E-state index is -4.50. The predicted octanol–water partition coefficient (Wildman–Crippen LogP) is 4.40. The van der Waals surface area contributed by atoms with Crippen LogP contribution in [0.5, 0.6) is 5.75 Å². The second-order valence-electron chi connectivity index (χ2n) is 6.65. The largest absolute Gasteiger partial charge is 0.490 e. The molecule has 0 heterocycles. The number of hydrogen-bond donors (Lipinski definition) is 3. The van der Waals surface area contributed by atoms with Crippen molar-refractivity contribution in [2.75, 3.05) is 13.2 Å². The average molecular weight is 496 g/mol. The SMILES string of the molecule is CCOC(C(=O)NCc1ccc(C(=N)N)cc1)c1c(F)ccc(OCCC(F)(F)F)c1F.Cl. The van der Waals surface area contributed by atoms with Gasteiger partial charge in [0, 0.05) is 18.7 Å². The number of nitrogen functional groups attached to an aromatic ring is 1. The van der Waals surface area contributed by atoms with E-state index in [0.717, 1.165) is 12.1 Å². The highest BCUT2D eigenvalue weighted by atomic mass is 35.5. The second-order valence-corrected chi connectivity index (χ2v) is 6.65. The van der Waals surface area contributed by atoms with Gasteiger partial charge in [-0.2, -0.15) is 13.2 Å². The van der Waals surface area contributed by atoms with E-state index in [-0.39, 0.29) is 31.4 Å². The monoisotopic (exact) mass is 495 g/mol. The molecule has 182 valence electrons. The molecular weight excluding hydrogens is 473 g/mol. The van der Waals surface area contributed by atoms with Gasteiger partial charge in [-0.3, -0.25) is 10.2 Å². The normalized spacial score (nSPS) is 11.9. The molecule has 0 aliphatic rings. The Hall–Kier alpha value is -2.92. The highest BCUT2D eigenvalue weighted by Crippen LogP contribution is 2.31. The average Bonchev–Trinajstić information content (AvgIpc) is 2.72. The van der Waals surface area contributed by atoms with E-state index in [9.17, 15) is 26.7 Å². The van der Waals surface area contributed by atoms with E-state index in [1.165, 1.54) is 6.92 Å². The van der Waals surface area contributed by atoms with E-state index in [0.29, 0.717) is 11.1 Å². The van der Waals surface area contributed by atoms with Gasteiger partial charge in [-0.05, 0) is 24.6 Å². The molecule has 1 amide bonds. The van der Waals surface area contributed by atoms with E-state index in [4.69, 9.17) is 20.6 Å². The smallest absolute Gasteiger partial charge is 0.392 e. The number of carbonyl (C=O) groups excluding carboxylic acids is 1. The van der Waals surface area contributed by atoms with Gasteiger partial charge in [0.2, 0.25) is 0 Å². The Balaban J connectivity index is 0.00000544. The first-order chi connectivity index (χ1) is 15.0. The number of benzene rings is 2. The molecular formula is C21H23ClF5N3O3. The zero-order valence-electron chi connectivity index (χ0n) is 17.5. The molecule has 0 radical (unpaired) electrons. The first-order valence-electron chi connectivity index (χ1n) is 9.53. The molecule has 4 N–H and O–H groups in total. The number of halogens is 6. The third-order valence-corrected chi connectivity index (χ3v) is 4.30. The fourth-order valence-electron chi connectivity index (χ4n) is 2.72. The molecule has 1 atom stereocenters. The van der Waals surface area contributed by atoms with Crippen LogP contribution < -0.4 is 15.8 Å². The maximum atomic E-state index is 14.8. The predicted molar refractivity (Wildman–Crippen MR) is 113 cm³/mol. The lowest BCUT2D eigenvalue weighted by Gasteiger charge is -2.20. The zero-order valence-corrected chi connectivity index (χ0v) is 18.3. The summed E-state index contributed by atoms with van der Waals surface area (Å²) in [6.07, 6.45) is -7.52. The Morgan fingerprint density at radius 3 is 2.33 bits per heavy atom. The summed E-state index contributed by atoms with van der Waals surface area (Å²) >= 11 is 0. The van der Waals surface area contributed by atoms with Gasteiger partial charge < -0.3 is 20.5 Å². The lowest BCUT2D eigenvalue weighted by atomic mass is 10.1. The van der Waals surface area contributed by atoms with E-state index >= 15 is 0 Å². The van der Waals surface area contributed by atoms with Crippen molar-refractivity contribution in [2.45, 2.75) is 32.2 Å². The number of carbonyl (C=O) groups is 1. The summed E-state index contributed by atoms with van der Waals surface area (Å²) in [4.78, 5) is 12.6. The van der Waals surface area contributed by atoms with Gasteiger partial charge in [0.1, 0.15) is 11.7 Å². The molecule has 0 aliphatic carbocycles. The van der Waals surface area contributed by atoms with Crippen LogP contribution in [0.2, 0.25) is 0 Å². The molecule has 2 aromatic carbocycles. The number of nitrogens with two attached hydrogens (primary N) is 1. The van der Waals surface area contributed by atoms with Gasteiger partial charge in [0.05, 0.1) is 18.6 Å². The second kappa shape index (κ2) is 12.4. The van der Waals surface area contributed by atoms with Gasteiger partial charge in [0.15, 0.2) is 17.7 Å². The summed E-state index contributed by atoms with van der Waals surface area (Å²) < 4.78 is 76.2. The standard InChI is InChI=1S/C21H22F5N3O3.ClH/c1-2-31-18(20(30)29-11-12-3-5-13(6-4-12)19(27)28)16-14(22)7-8-15(17(16)23)32-10-9-21(24,25)26;/h3-8,18H,2,9-11H2,1H3,(H3,27,28)(H,29,30);1H. The molecule has 33 heavy (non-hydrogen) atoms. The number of alkyl halides is 3. The van der Waals surface area contributed by atoms with Gasteiger partial charge in [-0.25, -0.2) is 8.78 Å². The van der Waals surface area contributed by atoms with Crippen molar-refractivity contribution >= 4 is 24.1 Å². The van der Waals surface area contributed by atoms with Crippen molar-refractivity contribution in [3.8, 4) is 5.75 Å². The lowest BCUT2D eigenvalue weighted by molar-refractivity contribution is -0.139. The highest BCUT2D eigenvalue weighted by molar-refractivity contribution is 5.94. The van der Waals surface area contributed by atoms with Crippen molar-refractivity contribution < 1.29 is 36.2 Å². The number of amides is 1. The first kappa shape index (κ1) is 28.1. The molecule has 6 nitrogen and oxygen atoms in total. The number of hydrogen-bond acceptors (Lipinski definition) is 4. The summed E-state index contributed by atoms with van der Waals surface area (Å²) in [6, 6.07) is 8.02. The Bertz CT molecular complexity index is 955. The fraction of sp³-hybridized carbons (Fsp3) is 0.333. The Kier molecular flexibility index (Phi) is 10.5. The van der Waals surface area contributed by atoms with Gasteiger partial charge in [-0.15, -0.1) is 12.4 Å². The first-order valence-corrected chi connectivity index (χ1v) is 9.53.